The average Bonchev–Trinajstić information content (AvgIpc) is 3.21. The second-order valence-electron chi connectivity index (χ2n) is 6.33. The van der Waals surface area contributed by atoms with Gasteiger partial charge in [-0.25, -0.2) is 4.39 Å². The molecule has 0 amide bonds. The molecule has 0 bridgehead atoms. The molecule has 0 aromatic heterocycles. The molecule has 1 aromatic carbocycles. The Hall–Kier alpha value is -0.970. The second kappa shape index (κ2) is 5.43. The lowest BCUT2D eigenvalue weighted by atomic mass is 9.96. The SMILES string of the molecule is CN(Cc1ccccc1F)C1(CN)CCN(C2CC2)C1. The smallest absolute Gasteiger partial charge is 0.127 e. The molecule has 1 saturated heterocycles. The van der Waals surface area contributed by atoms with E-state index < -0.39 is 0 Å². The van der Waals surface area contributed by atoms with Crippen molar-refractivity contribution in [2.75, 3.05) is 26.7 Å². The van der Waals surface area contributed by atoms with Crippen LogP contribution in [0.1, 0.15) is 24.8 Å². The van der Waals surface area contributed by atoms with E-state index >= 15 is 0 Å². The molecule has 1 saturated carbocycles. The van der Waals surface area contributed by atoms with Crippen molar-refractivity contribution < 1.29 is 4.39 Å². The summed E-state index contributed by atoms with van der Waals surface area (Å²) in [6.07, 6.45) is 3.75. The Morgan fingerprint density at radius 1 is 1.40 bits per heavy atom. The molecule has 20 heavy (non-hydrogen) atoms. The maximum absolute atomic E-state index is 13.8. The summed E-state index contributed by atoms with van der Waals surface area (Å²) in [6.45, 7) is 3.42. The summed E-state index contributed by atoms with van der Waals surface area (Å²) in [7, 11) is 2.08. The lowest BCUT2D eigenvalue weighted by Gasteiger charge is -2.38. The maximum Gasteiger partial charge on any atom is 0.127 e. The monoisotopic (exact) mass is 277 g/mol. The van der Waals surface area contributed by atoms with E-state index in [0.717, 1.165) is 31.1 Å². The molecular formula is C16H24FN3. The van der Waals surface area contributed by atoms with Crippen LogP contribution in [0.25, 0.3) is 0 Å². The quantitative estimate of drug-likeness (QED) is 0.891. The second-order valence-corrected chi connectivity index (χ2v) is 6.33. The van der Waals surface area contributed by atoms with Crippen LogP contribution in [-0.4, -0.2) is 48.1 Å². The fourth-order valence-corrected chi connectivity index (χ4v) is 3.32. The van der Waals surface area contributed by atoms with Gasteiger partial charge in [0.2, 0.25) is 0 Å². The Bertz CT molecular complexity index is 475. The Morgan fingerprint density at radius 3 is 2.80 bits per heavy atom. The zero-order valence-electron chi connectivity index (χ0n) is 12.2. The number of likely N-dealkylation sites (N-methyl/N-ethyl adjacent to an activating group) is 1. The van der Waals surface area contributed by atoms with Crippen molar-refractivity contribution in [1.82, 2.24) is 9.80 Å². The summed E-state index contributed by atoms with van der Waals surface area (Å²) >= 11 is 0. The lowest BCUT2D eigenvalue weighted by molar-refractivity contribution is 0.119. The fraction of sp³-hybridized carbons (Fsp3) is 0.625. The van der Waals surface area contributed by atoms with Gasteiger partial charge in [0.1, 0.15) is 5.82 Å². The first-order valence-corrected chi connectivity index (χ1v) is 7.53. The highest BCUT2D eigenvalue weighted by molar-refractivity contribution is 5.18. The van der Waals surface area contributed by atoms with Crippen molar-refractivity contribution in [1.29, 1.82) is 0 Å². The van der Waals surface area contributed by atoms with Gasteiger partial charge in [0.15, 0.2) is 0 Å². The van der Waals surface area contributed by atoms with Crippen molar-refractivity contribution in [3.8, 4) is 0 Å². The number of likely N-dealkylation sites (tertiary alicyclic amines) is 1. The summed E-state index contributed by atoms with van der Waals surface area (Å²) in [5.41, 5.74) is 6.84. The van der Waals surface area contributed by atoms with Crippen LogP contribution in [0.2, 0.25) is 0 Å². The van der Waals surface area contributed by atoms with Crippen LogP contribution in [0, 0.1) is 5.82 Å². The van der Waals surface area contributed by atoms with Crippen LogP contribution in [0.15, 0.2) is 24.3 Å². The minimum absolute atomic E-state index is 0.00483. The highest BCUT2D eigenvalue weighted by Crippen LogP contribution is 2.35. The van der Waals surface area contributed by atoms with Gasteiger partial charge in [-0.15, -0.1) is 0 Å². The predicted octanol–water partition coefficient (Wildman–Crippen LogP) is 1.82. The molecule has 0 spiro atoms. The zero-order valence-corrected chi connectivity index (χ0v) is 12.2. The molecule has 3 nitrogen and oxygen atoms in total. The number of hydrogen-bond donors (Lipinski definition) is 1. The summed E-state index contributed by atoms with van der Waals surface area (Å²) in [6, 6.07) is 7.81. The van der Waals surface area contributed by atoms with Gasteiger partial charge in [-0.05, 0) is 32.4 Å². The molecule has 1 atom stereocenters. The van der Waals surface area contributed by atoms with Crippen LogP contribution in [0.5, 0.6) is 0 Å². The number of hydrogen-bond acceptors (Lipinski definition) is 3. The molecule has 110 valence electrons. The van der Waals surface area contributed by atoms with Crippen LogP contribution in [0.4, 0.5) is 4.39 Å². The van der Waals surface area contributed by atoms with Crippen LogP contribution >= 0.6 is 0 Å². The summed E-state index contributed by atoms with van der Waals surface area (Å²) < 4.78 is 13.8. The number of halogens is 1. The van der Waals surface area contributed by atoms with Crippen molar-refractivity contribution in [3.63, 3.8) is 0 Å². The molecule has 1 unspecified atom stereocenters. The van der Waals surface area contributed by atoms with Gasteiger partial charge in [-0.1, -0.05) is 18.2 Å². The Labute approximate surface area is 120 Å². The first-order chi connectivity index (χ1) is 9.64. The molecule has 1 aromatic rings. The highest BCUT2D eigenvalue weighted by atomic mass is 19.1. The van der Waals surface area contributed by atoms with Crippen LogP contribution < -0.4 is 5.73 Å². The van der Waals surface area contributed by atoms with Gasteiger partial charge in [0.05, 0.1) is 0 Å². The van der Waals surface area contributed by atoms with Gasteiger partial charge >= 0.3 is 0 Å². The standard InChI is InChI=1S/C16H24FN3/c1-19(10-13-4-2-3-5-15(13)17)16(11-18)8-9-20(12-16)14-6-7-14/h2-5,14H,6-12,18H2,1H3. The van der Waals surface area contributed by atoms with E-state index in [1.807, 2.05) is 12.1 Å². The van der Waals surface area contributed by atoms with Crippen molar-refractivity contribution >= 4 is 0 Å². The Balaban J connectivity index is 1.71. The maximum atomic E-state index is 13.8. The average molecular weight is 277 g/mol. The molecule has 1 heterocycles. The summed E-state index contributed by atoms with van der Waals surface area (Å²) in [5.74, 6) is -0.122. The number of nitrogens with two attached hydrogens (primary N) is 1. The summed E-state index contributed by atoms with van der Waals surface area (Å²) in [5, 5.41) is 0. The number of benzene rings is 1. The fourth-order valence-electron chi connectivity index (χ4n) is 3.32. The predicted molar refractivity (Wildman–Crippen MR) is 78.9 cm³/mol. The lowest BCUT2D eigenvalue weighted by Crippen LogP contribution is -2.53. The van der Waals surface area contributed by atoms with Crippen molar-refractivity contribution in [2.45, 2.75) is 37.4 Å². The van der Waals surface area contributed by atoms with Gasteiger partial charge in [-0.3, -0.25) is 9.80 Å². The molecule has 2 fully saturated rings. The summed E-state index contributed by atoms with van der Waals surface area (Å²) in [4.78, 5) is 4.82. The van der Waals surface area contributed by atoms with E-state index in [1.165, 1.54) is 18.9 Å². The molecule has 2 aliphatic rings. The normalized spacial score (nSPS) is 27.4. The minimum atomic E-state index is -0.122. The molecule has 1 aliphatic carbocycles. The van der Waals surface area contributed by atoms with E-state index in [-0.39, 0.29) is 11.4 Å². The largest absolute Gasteiger partial charge is 0.329 e. The highest BCUT2D eigenvalue weighted by Gasteiger charge is 2.44. The van der Waals surface area contributed by atoms with Crippen LogP contribution in [-0.2, 0) is 6.54 Å². The van der Waals surface area contributed by atoms with Gasteiger partial charge in [0.25, 0.3) is 0 Å². The third-order valence-corrected chi connectivity index (χ3v) is 4.98. The Morgan fingerprint density at radius 2 is 2.15 bits per heavy atom. The van der Waals surface area contributed by atoms with Gasteiger partial charge in [0, 0.05) is 43.3 Å². The van der Waals surface area contributed by atoms with Crippen molar-refractivity contribution in [3.05, 3.63) is 35.6 Å². The van der Waals surface area contributed by atoms with E-state index in [0.29, 0.717) is 13.1 Å². The molecule has 0 radical (unpaired) electrons. The number of nitrogens with zero attached hydrogens (tertiary/aromatic N) is 2. The minimum Gasteiger partial charge on any atom is -0.329 e. The third-order valence-electron chi connectivity index (χ3n) is 4.98. The molecule has 4 heteroatoms. The molecule has 1 aliphatic heterocycles. The van der Waals surface area contributed by atoms with Gasteiger partial charge < -0.3 is 5.73 Å². The molecule has 2 N–H and O–H groups in total. The van der Waals surface area contributed by atoms with Gasteiger partial charge in [-0.2, -0.15) is 0 Å². The first-order valence-electron chi connectivity index (χ1n) is 7.53. The van der Waals surface area contributed by atoms with E-state index in [9.17, 15) is 4.39 Å². The topological polar surface area (TPSA) is 32.5 Å². The Kier molecular flexibility index (Phi) is 3.80. The molecular weight excluding hydrogens is 253 g/mol. The first kappa shape index (κ1) is 14.0. The molecule has 3 rings (SSSR count). The van der Waals surface area contributed by atoms with E-state index in [2.05, 4.69) is 16.8 Å². The van der Waals surface area contributed by atoms with E-state index in [4.69, 9.17) is 5.73 Å². The van der Waals surface area contributed by atoms with E-state index in [1.54, 1.807) is 6.07 Å². The van der Waals surface area contributed by atoms with Crippen LogP contribution in [0.3, 0.4) is 0 Å². The third kappa shape index (κ3) is 2.60. The number of rotatable bonds is 5. The van der Waals surface area contributed by atoms with Crippen molar-refractivity contribution in [2.24, 2.45) is 5.73 Å². The zero-order chi connectivity index (χ0) is 14.2.